The van der Waals surface area contributed by atoms with E-state index in [4.69, 9.17) is 5.11 Å². The van der Waals surface area contributed by atoms with Crippen molar-refractivity contribution in [2.45, 2.75) is 51.4 Å². The van der Waals surface area contributed by atoms with Gasteiger partial charge >= 0.3 is 5.97 Å². The first kappa shape index (κ1) is 13.5. The van der Waals surface area contributed by atoms with Crippen LogP contribution in [0, 0.1) is 11.8 Å². The van der Waals surface area contributed by atoms with Crippen molar-refractivity contribution in [2.75, 3.05) is 13.7 Å². The lowest BCUT2D eigenvalue weighted by atomic mass is 10.1. The molecular weight excluding hydrogens is 204 g/mol. The number of esters is 1. The van der Waals surface area contributed by atoms with Crippen molar-refractivity contribution in [3.8, 4) is 0 Å². The Morgan fingerprint density at radius 2 is 1.88 bits per heavy atom. The summed E-state index contributed by atoms with van der Waals surface area (Å²) in [6.07, 6.45) is 8.91. The summed E-state index contributed by atoms with van der Waals surface area (Å²) >= 11 is 0. The van der Waals surface area contributed by atoms with Crippen molar-refractivity contribution >= 4 is 5.97 Å². The Morgan fingerprint density at radius 3 is 2.50 bits per heavy atom. The highest BCUT2D eigenvalue weighted by molar-refractivity contribution is 5.68. The van der Waals surface area contributed by atoms with E-state index in [1.165, 1.54) is 39.2 Å². The minimum absolute atomic E-state index is 0.0937. The number of ether oxygens (including phenoxy) is 1. The zero-order chi connectivity index (χ0) is 11.8. The molecule has 0 unspecified atom stereocenters. The maximum atomic E-state index is 10.8. The third kappa shape index (κ3) is 5.50. The van der Waals surface area contributed by atoms with Gasteiger partial charge in [0.25, 0.3) is 0 Å². The first-order valence-electron chi connectivity index (χ1n) is 6.45. The standard InChI is InChI=1S/C13H24O3/c1-16-13(15)8-6-4-2-3-5-7-11-9-12(11)10-14/h11-12,14H,2-10H2,1H3/t11-,12+/m0/s1. The number of methoxy groups -OCH3 is 1. The second-order valence-corrected chi connectivity index (χ2v) is 4.82. The number of rotatable bonds is 9. The summed E-state index contributed by atoms with van der Waals surface area (Å²) in [4.78, 5) is 10.8. The predicted octanol–water partition coefficient (Wildman–Crippen LogP) is 2.52. The van der Waals surface area contributed by atoms with E-state index in [-0.39, 0.29) is 5.97 Å². The quantitative estimate of drug-likeness (QED) is 0.487. The summed E-state index contributed by atoms with van der Waals surface area (Å²) in [5, 5.41) is 8.88. The zero-order valence-corrected chi connectivity index (χ0v) is 10.3. The van der Waals surface area contributed by atoms with E-state index in [2.05, 4.69) is 4.74 Å². The minimum atomic E-state index is -0.0937. The fraction of sp³-hybridized carbons (Fsp3) is 0.923. The molecule has 2 atom stereocenters. The third-order valence-electron chi connectivity index (χ3n) is 3.49. The lowest BCUT2D eigenvalue weighted by Gasteiger charge is -2.01. The Kier molecular flexibility index (Phi) is 6.46. The Bertz CT molecular complexity index is 203. The maximum absolute atomic E-state index is 10.8. The minimum Gasteiger partial charge on any atom is -0.469 e. The number of carbonyl (C=O) groups excluding carboxylic acids is 1. The second kappa shape index (κ2) is 7.66. The van der Waals surface area contributed by atoms with Crippen LogP contribution in [0.3, 0.4) is 0 Å². The number of aliphatic hydroxyl groups excluding tert-OH is 1. The van der Waals surface area contributed by atoms with Gasteiger partial charge in [0.15, 0.2) is 0 Å². The fourth-order valence-electron chi connectivity index (χ4n) is 2.20. The van der Waals surface area contributed by atoms with Gasteiger partial charge in [-0.3, -0.25) is 4.79 Å². The Morgan fingerprint density at radius 1 is 1.19 bits per heavy atom. The lowest BCUT2D eigenvalue weighted by Crippen LogP contribution is -1.99. The third-order valence-corrected chi connectivity index (χ3v) is 3.49. The molecule has 1 saturated carbocycles. The van der Waals surface area contributed by atoms with Gasteiger partial charge in [-0.2, -0.15) is 0 Å². The number of hydrogen-bond acceptors (Lipinski definition) is 3. The van der Waals surface area contributed by atoms with E-state index in [9.17, 15) is 4.79 Å². The molecular formula is C13H24O3. The molecule has 16 heavy (non-hydrogen) atoms. The van der Waals surface area contributed by atoms with Gasteiger partial charge in [0.2, 0.25) is 0 Å². The summed E-state index contributed by atoms with van der Waals surface area (Å²) in [5.41, 5.74) is 0. The van der Waals surface area contributed by atoms with Crippen LogP contribution >= 0.6 is 0 Å². The average molecular weight is 228 g/mol. The SMILES string of the molecule is COC(=O)CCCCCCC[C@H]1C[C@@H]1CO. The Hall–Kier alpha value is -0.570. The summed E-state index contributed by atoms with van der Waals surface area (Å²) in [6.45, 7) is 0.379. The van der Waals surface area contributed by atoms with E-state index in [0.29, 0.717) is 18.9 Å². The van der Waals surface area contributed by atoms with E-state index in [1.54, 1.807) is 0 Å². The average Bonchev–Trinajstić information content (AvgIpc) is 3.06. The van der Waals surface area contributed by atoms with Crippen molar-refractivity contribution < 1.29 is 14.6 Å². The number of unbranched alkanes of at least 4 members (excludes halogenated alkanes) is 4. The lowest BCUT2D eigenvalue weighted by molar-refractivity contribution is -0.140. The molecule has 0 aromatic carbocycles. The van der Waals surface area contributed by atoms with Crippen LogP contribution in [-0.4, -0.2) is 24.8 Å². The van der Waals surface area contributed by atoms with Crippen molar-refractivity contribution in [3.63, 3.8) is 0 Å². The van der Waals surface area contributed by atoms with Crippen LogP contribution in [0.5, 0.6) is 0 Å². The molecule has 0 radical (unpaired) electrons. The molecule has 0 spiro atoms. The first-order valence-corrected chi connectivity index (χ1v) is 6.45. The van der Waals surface area contributed by atoms with E-state index in [0.717, 1.165) is 18.8 Å². The van der Waals surface area contributed by atoms with Gasteiger partial charge in [-0.25, -0.2) is 0 Å². The molecule has 94 valence electrons. The molecule has 1 aliphatic carbocycles. The van der Waals surface area contributed by atoms with Gasteiger partial charge in [-0.15, -0.1) is 0 Å². The van der Waals surface area contributed by atoms with Crippen molar-refractivity contribution in [1.82, 2.24) is 0 Å². The molecule has 1 aliphatic rings. The zero-order valence-electron chi connectivity index (χ0n) is 10.3. The number of hydrogen-bond donors (Lipinski definition) is 1. The van der Waals surface area contributed by atoms with Crippen LogP contribution in [-0.2, 0) is 9.53 Å². The van der Waals surface area contributed by atoms with Crippen molar-refractivity contribution in [2.24, 2.45) is 11.8 Å². The van der Waals surface area contributed by atoms with Gasteiger partial charge in [0, 0.05) is 13.0 Å². The van der Waals surface area contributed by atoms with Crippen LogP contribution in [0.25, 0.3) is 0 Å². The molecule has 0 aromatic heterocycles. The van der Waals surface area contributed by atoms with E-state index < -0.39 is 0 Å². The molecule has 3 nitrogen and oxygen atoms in total. The molecule has 1 rings (SSSR count). The monoisotopic (exact) mass is 228 g/mol. The van der Waals surface area contributed by atoms with Gasteiger partial charge in [-0.1, -0.05) is 32.1 Å². The molecule has 1 N–H and O–H groups in total. The summed E-state index contributed by atoms with van der Waals surface area (Å²) in [7, 11) is 1.44. The number of aliphatic hydroxyl groups is 1. The van der Waals surface area contributed by atoms with Crippen LogP contribution < -0.4 is 0 Å². The highest BCUT2D eigenvalue weighted by Gasteiger charge is 2.34. The molecule has 0 amide bonds. The largest absolute Gasteiger partial charge is 0.469 e. The molecule has 0 saturated heterocycles. The molecule has 0 bridgehead atoms. The predicted molar refractivity (Wildman–Crippen MR) is 63.0 cm³/mol. The normalized spacial score (nSPS) is 23.1. The van der Waals surface area contributed by atoms with Crippen LogP contribution in [0.2, 0.25) is 0 Å². The van der Waals surface area contributed by atoms with E-state index >= 15 is 0 Å². The number of carbonyl (C=O) groups is 1. The highest BCUT2D eigenvalue weighted by atomic mass is 16.5. The van der Waals surface area contributed by atoms with Gasteiger partial charge in [-0.05, 0) is 24.7 Å². The Labute approximate surface area is 98.2 Å². The molecule has 0 aliphatic heterocycles. The first-order chi connectivity index (χ1) is 7.77. The smallest absolute Gasteiger partial charge is 0.305 e. The fourth-order valence-corrected chi connectivity index (χ4v) is 2.20. The van der Waals surface area contributed by atoms with Gasteiger partial charge < -0.3 is 9.84 Å². The summed E-state index contributed by atoms with van der Waals surface area (Å²) in [5.74, 6) is 1.32. The molecule has 1 fully saturated rings. The van der Waals surface area contributed by atoms with Crippen LogP contribution in [0.4, 0.5) is 0 Å². The summed E-state index contributed by atoms with van der Waals surface area (Å²) in [6, 6.07) is 0. The molecule has 0 aromatic rings. The topological polar surface area (TPSA) is 46.5 Å². The van der Waals surface area contributed by atoms with Crippen LogP contribution in [0.1, 0.15) is 51.4 Å². The second-order valence-electron chi connectivity index (χ2n) is 4.82. The van der Waals surface area contributed by atoms with Gasteiger partial charge in [0.05, 0.1) is 7.11 Å². The van der Waals surface area contributed by atoms with E-state index in [1.807, 2.05) is 0 Å². The maximum Gasteiger partial charge on any atom is 0.305 e. The van der Waals surface area contributed by atoms with Gasteiger partial charge in [0.1, 0.15) is 0 Å². The highest BCUT2D eigenvalue weighted by Crippen LogP contribution is 2.41. The molecule has 3 heteroatoms. The van der Waals surface area contributed by atoms with Crippen molar-refractivity contribution in [1.29, 1.82) is 0 Å². The molecule has 0 heterocycles. The van der Waals surface area contributed by atoms with Crippen molar-refractivity contribution in [3.05, 3.63) is 0 Å². The van der Waals surface area contributed by atoms with Crippen LogP contribution in [0.15, 0.2) is 0 Å². The Balaban J connectivity index is 1.77. The summed E-state index contributed by atoms with van der Waals surface area (Å²) < 4.78 is 4.58.